The molecular weight excluding hydrogens is 306 g/mol. The van der Waals surface area contributed by atoms with Crippen molar-refractivity contribution in [3.63, 3.8) is 0 Å². The van der Waals surface area contributed by atoms with E-state index in [4.69, 9.17) is 0 Å². The van der Waals surface area contributed by atoms with E-state index in [0.717, 1.165) is 17.5 Å². The maximum Gasteiger partial charge on any atom is 0.224 e. The molecule has 1 N–H and O–H groups in total. The van der Waals surface area contributed by atoms with Gasteiger partial charge in [-0.2, -0.15) is 0 Å². The highest BCUT2D eigenvalue weighted by Gasteiger charge is 2.44. The molecule has 25 heavy (non-hydrogen) atoms. The summed E-state index contributed by atoms with van der Waals surface area (Å²) in [6, 6.07) is 30.6. The first-order valence-corrected chi connectivity index (χ1v) is 8.78. The van der Waals surface area contributed by atoms with Crippen LogP contribution in [0.4, 0.5) is 0 Å². The molecule has 0 aliphatic heterocycles. The Bertz CT molecular complexity index is 790. The minimum absolute atomic E-state index is 0.0809. The highest BCUT2D eigenvalue weighted by molar-refractivity contribution is 5.83. The average Bonchev–Trinajstić information content (AvgIpc) is 3.49. The molecule has 2 atom stereocenters. The third-order valence-corrected chi connectivity index (χ3v) is 4.91. The van der Waals surface area contributed by atoms with Gasteiger partial charge in [0.05, 0.1) is 6.04 Å². The molecule has 0 unspecified atom stereocenters. The lowest BCUT2D eigenvalue weighted by Gasteiger charge is -2.20. The third kappa shape index (κ3) is 3.48. The number of carbonyl (C=O) groups excluding carboxylic acids is 1. The highest BCUT2D eigenvalue weighted by atomic mass is 16.2. The number of amides is 1. The Kier molecular flexibility index (Phi) is 4.34. The normalized spacial score (nSPS) is 18.8. The van der Waals surface area contributed by atoms with E-state index in [1.165, 1.54) is 5.56 Å². The summed E-state index contributed by atoms with van der Waals surface area (Å²) in [5.41, 5.74) is 3.48. The Balaban J connectivity index is 1.53. The van der Waals surface area contributed by atoms with Gasteiger partial charge in [0.2, 0.25) is 5.91 Å². The Morgan fingerprint density at radius 3 is 1.76 bits per heavy atom. The standard InChI is InChI=1S/C23H21NO/c25-23(21-16-20(21)17-10-4-1-5-11-17)24-22(18-12-6-2-7-13-18)19-14-8-3-9-15-19/h1-15,20-22H,16H2,(H,24,25)/t20-,21-/m0/s1. The van der Waals surface area contributed by atoms with Gasteiger partial charge in [0, 0.05) is 5.92 Å². The molecule has 1 aliphatic carbocycles. The van der Waals surface area contributed by atoms with Crippen LogP contribution in [0, 0.1) is 5.92 Å². The maximum absolute atomic E-state index is 12.8. The Labute approximate surface area is 148 Å². The molecule has 0 radical (unpaired) electrons. The summed E-state index contributed by atoms with van der Waals surface area (Å²) < 4.78 is 0. The quantitative estimate of drug-likeness (QED) is 0.723. The van der Waals surface area contributed by atoms with Gasteiger partial charge in [-0.15, -0.1) is 0 Å². The topological polar surface area (TPSA) is 29.1 Å². The molecule has 1 fully saturated rings. The van der Waals surface area contributed by atoms with Crippen LogP contribution in [0.5, 0.6) is 0 Å². The molecule has 0 heterocycles. The van der Waals surface area contributed by atoms with Crippen molar-refractivity contribution in [1.82, 2.24) is 5.32 Å². The van der Waals surface area contributed by atoms with Crippen LogP contribution in [0.25, 0.3) is 0 Å². The zero-order valence-electron chi connectivity index (χ0n) is 14.0. The van der Waals surface area contributed by atoms with Crippen LogP contribution in [-0.4, -0.2) is 5.91 Å². The first-order chi connectivity index (χ1) is 12.3. The van der Waals surface area contributed by atoms with Crippen LogP contribution >= 0.6 is 0 Å². The van der Waals surface area contributed by atoms with Gasteiger partial charge >= 0.3 is 0 Å². The van der Waals surface area contributed by atoms with Crippen molar-refractivity contribution < 1.29 is 4.79 Å². The van der Waals surface area contributed by atoms with Crippen molar-refractivity contribution in [2.45, 2.75) is 18.4 Å². The van der Waals surface area contributed by atoms with Crippen molar-refractivity contribution in [3.8, 4) is 0 Å². The van der Waals surface area contributed by atoms with Crippen molar-refractivity contribution >= 4 is 5.91 Å². The molecule has 2 heteroatoms. The fraction of sp³-hybridized carbons (Fsp3) is 0.174. The molecule has 0 aromatic heterocycles. The summed E-state index contributed by atoms with van der Waals surface area (Å²) in [5, 5.41) is 3.27. The van der Waals surface area contributed by atoms with E-state index in [0.29, 0.717) is 5.92 Å². The lowest BCUT2D eigenvalue weighted by atomic mass is 9.98. The van der Waals surface area contributed by atoms with E-state index in [-0.39, 0.29) is 17.9 Å². The molecule has 1 amide bonds. The summed E-state index contributed by atoms with van der Waals surface area (Å²) in [5.74, 6) is 0.581. The van der Waals surface area contributed by atoms with E-state index in [1.54, 1.807) is 0 Å². The van der Waals surface area contributed by atoms with Gasteiger partial charge in [-0.1, -0.05) is 91.0 Å². The third-order valence-electron chi connectivity index (χ3n) is 4.91. The van der Waals surface area contributed by atoms with Gasteiger partial charge in [-0.25, -0.2) is 0 Å². The predicted octanol–water partition coefficient (Wildman–Crippen LogP) is 4.70. The van der Waals surface area contributed by atoms with E-state index < -0.39 is 0 Å². The summed E-state index contributed by atoms with van der Waals surface area (Å²) in [7, 11) is 0. The van der Waals surface area contributed by atoms with Gasteiger partial charge in [-0.05, 0) is 29.0 Å². The summed E-state index contributed by atoms with van der Waals surface area (Å²) >= 11 is 0. The smallest absolute Gasteiger partial charge is 0.224 e. The summed E-state index contributed by atoms with van der Waals surface area (Å²) in [6.07, 6.45) is 0.937. The highest BCUT2D eigenvalue weighted by Crippen LogP contribution is 2.47. The van der Waals surface area contributed by atoms with Crippen molar-refractivity contribution in [3.05, 3.63) is 108 Å². The number of carbonyl (C=O) groups is 1. The zero-order valence-corrected chi connectivity index (χ0v) is 14.0. The second-order valence-electron chi connectivity index (χ2n) is 6.62. The van der Waals surface area contributed by atoms with Crippen molar-refractivity contribution in [2.24, 2.45) is 5.92 Å². The number of benzene rings is 3. The minimum atomic E-state index is -0.105. The first kappa shape index (κ1) is 15.6. The molecule has 4 rings (SSSR count). The van der Waals surface area contributed by atoms with Crippen molar-refractivity contribution in [2.75, 3.05) is 0 Å². The average molecular weight is 327 g/mol. The molecule has 1 saturated carbocycles. The number of rotatable bonds is 5. The van der Waals surface area contributed by atoms with Gasteiger partial charge < -0.3 is 5.32 Å². The second kappa shape index (κ2) is 6.94. The summed E-state index contributed by atoms with van der Waals surface area (Å²) in [6.45, 7) is 0. The van der Waals surface area contributed by atoms with Gasteiger partial charge in [-0.3, -0.25) is 4.79 Å². The molecule has 0 bridgehead atoms. The number of hydrogen-bond donors (Lipinski definition) is 1. The van der Waals surface area contributed by atoms with Crippen LogP contribution in [0.2, 0.25) is 0 Å². The van der Waals surface area contributed by atoms with Crippen LogP contribution < -0.4 is 5.32 Å². The fourth-order valence-corrected chi connectivity index (χ4v) is 3.45. The number of hydrogen-bond acceptors (Lipinski definition) is 1. The Hall–Kier alpha value is -2.87. The zero-order chi connectivity index (χ0) is 17.1. The molecule has 3 aromatic rings. The van der Waals surface area contributed by atoms with Crippen LogP contribution in [0.3, 0.4) is 0 Å². The van der Waals surface area contributed by atoms with E-state index in [2.05, 4.69) is 41.7 Å². The largest absolute Gasteiger partial charge is 0.345 e. The molecule has 0 spiro atoms. The monoisotopic (exact) mass is 327 g/mol. The SMILES string of the molecule is O=C(NC(c1ccccc1)c1ccccc1)[C@H]1C[C@H]1c1ccccc1. The van der Waals surface area contributed by atoms with E-state index in [9.17, 15) is 4.79 Å². The maximum atomic E-state index is 12.8. The van der Waals surface area contributed by atoms with Gasteiger partial charge in [0.25, 0.3) is 0 Å². The van der Waals surface area contributed by atoms with Crippen molar-refractivity contribution in [1.29, 1.82) is 0 Å². The molecule has 2 nitrogen and oxygen atoms in total. The molecule has 0 saturated heterocycles. The van der Waals surface area contributed by atoms with E-state index in [1.807, 2.05) is 54.6 Å². The molecular formula is C23H21NO. The summed E-state index contributed by atoms with van der Waals surface area (Å²) in [4.78, 5) is 12.8. The molecule has 1 aliphatic rings. The van der Waals surface area contributed by atoms with Gasteiger partial charge in [0.15, 0.2) is 0 Å². The van der Waals surface area contributed by atoms with E-state index >= 15 is 0 Å². The fourth-order valence-electron chi connectivity index (χ4n) is 3.45. The van der Waals surface area contributed by atoms with Crippen LogP contribution in [-0.2, 0) is 4.79 Å². The second-order valence-corrected chi connectivity index (χ2v) is 6.62. The minimum Gasteiger partial charge on any atom is -0.345 e. The van der Waals surface area contributed by atoms with Crippen LogP contribution in [0.15, 0.2) is 91.0 Å². The van der Waals surface area contributed by atoms with Crippen LogP contribution in [0.1, 0.15) is 35.1 Å². The van der Waals surface area contributed by atoms with Gasteiger partial charge in [0.1, 0.15) is 0 Å². The lowest BCUT2D eigenvalue weighted by Crippen LogP contribution is -2.30. The Morgan fingerprint density at radius 1 is 0.760 bits per heavy atom. The number of nitrogens with one attached hydrogen (secondary N) is 1. The lowest BCUT2D eigenvalue weighted by molar-refractivity contribution is -0.122. The predicted molar refractivity (Wildman–Crippen MR) is 100 cm³/mol. The molecule has 3 aromatic carbocycles. The first-order valence-electron chi connectivity index (χ1n) is 8.78. The molecule has 124 valence electrons. The Morgan fingerprint density at radius 2 is 1.24 bits per heavy atom.